The predicted molar refractivity (Wildman–Crippen MR) is 104 cm³/mol. The lowest BCUT2D eigenvalue weighted by atomic mass is 9.98. The first-order valence-corrected chi connectivity index (χ1v) is 8.15. The SMILES string of the molecule is CNc1nc(N)nc2cc(-c3cccc(-c4ccccc4)c3)ccc12. The summed E-state index contributed by atoms with van der Waals surface area (Å²) in [6.45, 7) is 0. The molecule has 3 aromatic carbocycles. The van der Waals surface area contributed by atoms with Gasteiger partial charge in [-0.2, -0.15) is 4.98 Å². The van der Waals surface area contributed by atoms with Crippen molar-refractivity contribution in [1.82, 2.24) is 9.97 Å². The maximum Gasteiger partial charge on any atom is 0.222 e. The van der Waals surface area contributed by atoms with E-state index < -0.39 is 0 Å². The van der Waals surface area contributed by atoms with Crippen molar-refractivity contribution in [2.45, 2.75) is 0 Å². The van der Waals surface area contributed by atoms with Crippen molar-refractivity contribution >= 4 is 22.7 Å². The van der Waals surface area contributed by atoms with E-state index in [0.29, 0.717) is 0 Å². The van der Waals surface area contributed by atoms with E-state index in [9.17, 15) is 0 Å². The molecule has 1 aromatic heterocycles. The van der Waals surface area contributed by atoms with Crippen molar-refractivity contribution in [2.24, 2.45) is 0 Å². The van der Waals surface area contributed by atoms with E-state index in [1.807, 2.05) is 19.2 Å². The van der Waals surface area contributed by atoms with E-state index in [2.05, 4.69) is 75.9 Å². The van der Waals surface area contributed by atoms with Crippen LogP contribution in [-0.4, -0.2) is 17.0 Å². The summed E-state index contributed by atoms with van der Waals surface area (Å²) in [6, 6.07) is 25.1. The van der Waals surface area contributed by atoms with Gasteiger partial charge in [0.25, 0.3) is 0 Å². The van der Waals surface area contributed by atoms with E-state index in [1.165, 1.54) is 11.1 Å². The molecule has 122 valence electrons. The van der Waals surface area contributed by atoms with Gasteiger partial charge in [0.15, 0.2) is 0 Å². The van der Waals surface area contributed by atoms with Crippen LogP contribution in [0, 0.1) is 0 Å². The zero-order valence-electron chi connectivity index (χ0n) is 13.9. The van der Waals surface area contributed by atoms with Crippen LogP contribution in [0.25, 0.3) is 33.2 Å². The maximum absolute atomic E-state index is 5.83. The molecule has 0 aliphatic rings. The smallest absolute Gasteiger partial charge is 0.222 e. The van der Waals surface area contributed by atoms with Gasteiger partial charge in [-0.25, -0.2) is 4.98 Å². The Hall–Kier alpha value is -3.40. The van der Waals surface area contributed by atoms with Crippen molar-refractivity contribution in [2.75, 3.05) is 18.1 Å². The van der Waals surface area contributed by atoms with Crippen molar-refractivity contribution in [1.29, 1.82) is 0 Å². The molecule has 0 aliphatic carbocycles. The highest BCUT2D eigenvalue weighted by Crippen LogP contribution is 2.30. The van der Waals surface area contributed by atoms with Crippen LogP contribution in [0.3, 0.4) is 0 Å². The Morgan fingerprint density at radius 2 is 1.40 bits per heavy atom. The molecule has 0 saturated carbocycles. The minimum Gasteiger partial charge on any atom is -0.372 e. The number of hydrogen-bond donors (Lipinski definition) is 2. The van der Waals surface area contributed by atoms with Gasteiger partial charge in [0, 0.05) is 12.4 Å². The molecule has 4 aromatic rings. The number of nitrogens with zero attached hydrogens (tertiary/aromatic N) is 2. The summed E-state index contributed by atoms with van der Waals surface area (Å²) < 4.78 is 0. The highest BCUT2D eigenvalue weighted by molar-refractivity contribution is 5.93. The molecule has 25 heavy (non-hydrogen) atoms. The lowest BCUT2D eigenvalue weighted by Gasteiger charge is -2.09. The molecule has 0 radical (unpaired) electrons. The third kappa shape index (κ3) is 2.90. The lowest BCUT2D eigenvalue weighted by molar-refractivity contribution is 1.22. The number of hydrogen-bond acceptors (Lipinski definition) is 4. The van der Waals surface area contributed by atoms with Gasteiger partial charge >= 0.3 is 0 Å². The highest BCUT2D eigenvalue weighted by atomic mass is 15.1. The Labute approximate surface area is 146 Å². The zero-order valence-corrected chi connectivity index (χ0v) is 13.9. The minimum absolute atomic E-state index is 0.270. The fraction of sp³-hybridized carbons (Fsp3) is 0.0476. The number of anilines is 2. The molecule has 4 heteroatoms. The molecule has 0 saturated heterocycles. The third-order valence-corrected chi connectivity index (χ3v) is 4.25. The Bertz CT molecular complexity index is 1040. The van der Waals surface area contributed by atoms with Crippen LogP contribution < -0.4 is 11.1 Å². The van der Waals surface area contributed by atoms with Crippen molar-refractivity contribution in [3.8, 4) is 22.3 Å². The van der Waals surface area contributed by atoms with E-state index >= 15 is 0 Å². The molecule has 0 unspecified atom stereocenters. The third-order valence-electron chi connectivity index (χ3n) is 4.25. The van der Waals surface area contributed by atoms with Crippen LogP contribution in [0.1, 0.15) is 0 Å². The molecule has 3 N–H and O–H groups in total. The van der Waals surface area contributed by atoms with E-state index in [4.69, 9.17) is 5.73 Å². The van der Waals surface area contributed by atoms with Crippen molar-refractivity contribution in [3.05, 3.63) is 72.8 Å². The normalized spacial score (nSPS) is 10.8. The first-order valence-electron chi connectivity index (χ1n) is 8.15. The van der Waals surface area contributed by atoms with Crippen LogP contribution in [0.4, 0.5) is 11.8 Å². The Morgan fingerprint density at radius 1 is 0.720 bits per heavy atom. The maximum atomic E-state index is 5.83. The molecule has 0 fully saturated rings. The van der Waals surface area contributed by atoms with Gasteiger partial charge in [-0.05, 0) is 40.5 Å². The molecule has 4 nitrogen and oxygen atoms in total. The summed E-state index contributed by atoms with van der Waals surface area (Å²) in [7, 11) is 1.83. The topological polar surface area (TPSA) is 63.8 Å². The van der Waals surface area contributed by atoms with E-state index in [-0.39, 0.29) is 5.95 Å². The molecule has 0 amide bonds. The quantitative estimate of drug-likeness (QED) is 0.578. The molecule has 0 spiro atoms. The summed E-state index contributed by atoms with van der Waals surface area (Å²) in [5.41, 5.74) is 11.3. The Morgan fingerprint density at radius 3 is 2.16 bits per heavy atom. The molecule has 0 atom stereocenters. The number of nitrogens with one attached hydrogen (secondary N) is 1. The monoisotopic (exact) mass is 326 g/mol. The molecule has 1 heterocycles. The first kappa shape index (κ1) is 15.1. The standard InChI is InChI=1S/C21H18N4/c1-23-20-18-11-10-17(13-19(18)24-21(22)25-20)16-9-5-8-15(12-16)14-6-3-2-4-7-14/h2-13H,1H3,(H3,22,23,24,25). The number of aromatic nitrogens is 2. The second-order valence-electron chi connectivity index (χ2n) is 5.86. The Balaban J connectivity index is 1.82. The first-order chi connectivity index (χ1) is 12.2. The summed E-state index contributed by atoms with van der Waals surface area (Å²) in [6.07, 6.45) is 0. The Kier molecular flexibility index (Phi) is 3.78. The molecular formula is C21H18N4. The number of rotatable bonds is 3. The second kappa shape index (κ2) is 6.24. The van der Waals surface area contributed by atoms with Crippen LogP contribution in [0.5, 0.6) is 0 Å². The predicted octanol–water partition coefficient (Wildman–Crippen LogP) is 4.59. The number of nitrogen functional groups attached to an aromatic ring is 1. The molecular weight excluding hydrogens is 308 g/mol. The zero-order chi connectivity index (χ0) is 17.2. The molecule has 0 aliphatic heterocycles. The summed E-state index contributed by atoms with van der Waals surface area (Å²) in [5.74, 6) is 1.01. The average Bonchev–Trinajstić information content (AvgIpc) is 2.67. The summed E-state index contributed by atoms with van der Waals surface area (Å²) in [4.78, 5) is 8.61. The van der Waals surface area contributed by atoms with Gasteiger partial charge in [-0.3, -0.25) is 0 Å². The van der Waals surface area contributed by atoms with Crippen molar-refractivity contribution < 1.29 is 0 Å². The van der Waals surface area contributed by atoms with Gasteiger partial charge in [-0.15, -0.1) is 0 Å². The van der Waals surface area contributed by atoms with Gasteiger partial charge in [0.05, 0.1) is 5.52 Å². The molecule has 4 rings (SSSR count). The number of benzene rings is 3. The number of fused-ring (bicyclic) bond motifs is 1. The van der Waals surface area contributed by atoms with Crippen LogP contribution in [-0.2, 0) is 0 Å². The largest absolute Gasteiger partial charge is 0.372 e. The fourth-order valence-electron chi connectivity index (χ4n) is 3.03. The van der Waals surface area contributed by atoms with Crippen LogP contribution in [0.2, 0.25) is 0 Å². The van der Waals surface area contributed by atoms with Gasteiger partial charge in [0.1, 0.15) is 5.82 Å². The van der Waals surface area contributed by atoms with Gasteiger partial charge in [-0.1, -0.05) is 54.6 Å². The van der Waals surface area contributed by atoms with Crippen molar-refractivity contribution in [3.63, 3.8) is 0 Å². The van der Waals surface area contributed by atoms with Gasteiger partial charge < -0.3 is 11.1 Å². The van der Waals surface area contributed by atoms with E-state index in [1.54, 1.807) is 0 Å². The highest BCUT2D eigenvalue weighted by Gasteiger charge is 2.07. The molecule has 0 bridgehead atoms. The number of nitrogens with two attached hydrogens (primary N) is 1. The average molecular weight is 326 g/mol. The summed E-state index contributed by atoms with van der Waals surface area (Å²) in [5, 5.41) is 4.03. The van der Waals surface area contributed by atoms with Crippen LogP contribution >= 0.6 is 0 Å². The second-order valence-corrected chi connectivity index (χ2v) is 5.86. The minimum atomic E-state index is 0.270. The lowest BCUT2D eigenvalue weighted by Crippen LogP contribution is -2.01. The summed E-state index contributed by atoms with van der Waals surface area (Å²) >= 11 is 0. The van der Waals surface area contributed by atoms with Gasteiger partial charge in [0.2, 0.25) is 5.95 Å². The van der Waals surface area contributed by atoms with E-state index in [0.717, 1.165) is 27.8 Å². The fourth-order valence-corrected chi connectivity index (χ4v) is 3.03. The van der Waals surface area contributed by atoms with Crippen LogP contribution in [0.15, 0.2) is 72.8 Å².